The minimum Gasteiger partial charge on any atom is -0.406 e. The Morgan fingerprint density at radius 2 is 1.81 bits per heavy atom. The molecular weight excluding hydrogens is 565 g/mol. The molecule has 4 aromatic rings. The Kier molecular flexibility index (Phi) is 8.81. The second-order valence-electron chi connectivity index (χ2n) is 9.46. The monoisotopic (exact) mass is 594 g/mol. The molecule has 1 aliphatic rings. The van der Waals surface area contributed by atoms with Crippen LogP contribution in [0.5, 0.6) is 5.75 Å². The van der Waals surface area contributed by atoms with E-state index >= 15 is 0 Å². The molecule has 218 valence electrons. The molecule has 5 rings (SSSR count). The summed E-state index contributed by atoms with van der Waals surface area (Å²) in [5, 5.41) is 8.18. The highest BCUT2D eigenvalue weighted by Gasteiger charge is 2.31. The van der Waals surface area contributed by atoms with Gasteiger partial charge in [-0.3, -0.25) is 0 Å². The van der Waals surface area contributed by atoms with E-state index in [4.69, 9.17) is 0 Å². The zero-order valence-electron chi connectivity index (χ0n) is 23.0. The predicted molar refractivity (Wildman–Crippen MR) is 158 cm³/mol. The fourth-order valence-corrected chi connectivity index (χ4v) is 5.61. The third-order valence-electron chi connectivity index (χ3n) is 6.74. The van der Waals surface area contributed by atoms with Crippen molar-refractivity contribution in [3.05, 3.63) is 90.3 Å². The summed E-state index contributed by atoms with van der Waals surface area (Å²) in [5.41, 5.74) is 4.51. The van der Waals surface area contributed by atoms with Crippen molar-refractivity contribution < 1.29 is 22.7 Å². The van der Waals surface area contributed by atoms with Crippen molar-refractivity contribution in [3.63, 3.8) is 0 Å². The molecule has 0 aliphatic carbocycles. The number of nitrogens with zero attached hydrogens (tertiary/aromatic N) is 5. The lowest BCUT2D eigenvalue weighted by molar-refractivity contribution is -0.274. The van der Waals surface area contributed by atoms with E-state index in [-0.39, 0.29) is 17.8 Å². The maximum Gasteiger partial charge on any atom is 0.573 e. The van der Waals surface area contributed by atoms with Crippen LogP contribution in [-0.4, -0.2) is 44.6 Å². The number of aromatic nitrogens is 3. The Labute approximate surface area is 245 Å². The molecule has 1 atom stereocenters. The molecule has 0 spiro atoms. The normalized spacial score (nSPS) is 15.2. The highest BCUT2D eigenvalue weighted by molar-refractivity contribution is 8.14. The molecule has 42 heavy (non-hydrogen) atoms. The van der Waals surface area contributed by atoms with Gasteiger partial charge in [-0.05, 0) is 54.3 Å². The highest BCUT2D eigenvalue weighted by Crippen LogP contribution is 2.29. The minimum atomic E-state index is -4.75. The van der Waals surface area contributed by atoms with E-state index in [0.29, 0.717) is 23.1 Å². The summed E-state index contributed by atoms with van der Waals surface area (Å²) in [5.74, 6) is 1.00. The fraction of sp³-hybridized carbons (Fsp3) is 0.267. The SMILES string of the molecule is CCc1ccccc1N1CCSC1=NC(=O)NC(CC)c1ccc(-c2ncn(-c3ccc(OC(F)(F)F)cc3)n2)cc1. The van der Waals surface area contributed by atoms with Gasteiger partial charge in [0.2, 0.25) is 0 Å². The van der Waals surface area contributed by atoms with Crippen molar-refractivity contribution in [1.82, 2.24) is 20.1 Å². The van der Waals surface area contributed by atoms with Crippen molar-refractivity contribution in [1.29, 1.82) is 0 Å². The van der Waals surface area contributed by atoms with Gasteiger partial charge in [-0.2, -0.15) is 4.99 Å². The van der Waals surface area contributed by atoms with Crippen LogP contribution in [-0.2, 0) is 6.42 Å². The van der Waals surface area contributed by atoms with Gasteiger partial charge in [-0.1, -0.05) is 68.1 Å². The number of hydrogen-bond acceptors (Lipinski definition) is 5. The van der Waals surface area contributed by atoms with Crippen LogP contribution in [0.1, 0.15) is 37.4 Å². The third kappa shape index (κ3) is 6.93. The predicted octanol–water partition coefficient (Wildman–Crippen LogP) is 7.17. The van der Waals surface area contributed by atoms with Crippen LogP contribution in [0.25, 0.3) is 17.1 Å². The Bertz CT molecular complexity index is 1550. The van der Waals surface area contributed by atoms with Crippen LogP contribution < -0.4 is 15.0 Å². The number of amidine groups is 1. The van der Waals surface area contributed by atoms with Crippen molar-refractivity contribution in [2.45, 2.75) is 39.1 Å². The average molecular weight is 595 g/mol. The van der Waals surface area contributed by atoms with E-state index in [1.165, 1.54) is 40.8 Å². The van der Waals surface area contributed by atoms with Gasteiger partial charge in [0.25, 0.3) is 0 Å². The number of halogens is 3. The van der Waals surface area contributed by atoms with Gasteiger partial charge < -0.3 is 15.0 Å². The molecule has 1 saturated heterocycles. The van der Waals surface area contributed by atoms with Crippen LogP contribution in [0.4, 0.5) is 23.7 Å². The number of ether oxygens (including phenoxy) is 1. The highest BCUT2D eigenvalue weighted by atomic mass is 32.2. The number of benzene rings is 3. The summed E-state index contributed by atoms with van der Waals surface area (Å²) in [7, 11) is 0. The molecule has 1 unspecified atom stereocenters. The molecule has 1 aliphatic heterocycles. The topological polar surface area (TPSA) is 84.6 Å². The number of rotatable bonds is 8. The largest absolute Gasteiger partial charge is 0.573 e. The molecule has 12 heteroatoms. The number of carbonyl (C=O) groups is 1. The minimum absolute atomic E-state index is 0.235. The summed E-state index contributed by atoms with van der Waals surface area (Å²) in [6.45, 7) is 4.91. The van der Waals surface area contributed by atoms with Crippen molar-refractivity contribution in [2.75, 3.05) is 17.2 Å². The molecule has 8 nitrogen and oxygen atoms in total. The fourth-order valence-electron chi connectivity index (χ4n) is 4.67. The first-order valence-corrected chi connectivity index (χ1v) is 14.5. The smallest absolute Gasteiger partial charge is 0.406 e. The lowest BCUT2D eigenvalue weighted by Gasteiger charge is -2.21. The molecule has 3 aromatic carbocycles. The first kappa shape index (κ1) is 29.2. The average Bonchev–Trinajstić information content (AvgIpc) is 3.66. The summed E-state index contributed by atoms with van der Waals surface area (Å²) in [6.07, 6.45) is -1.69. The number of alkyl halides is 3. The zero-order valence-corrected chi connectivity index (χ0v) is 23.8. The van der Waals surface area contributed by atoms with E-state index < -0.39 is 6.36 Å². The van der Waals surface area contributed by atoms with Gasteiger partial charge in [0.05, 0.1) is 11.7 Å². The lowest BCUT2D eigenvalue weighted by atomic mass is 10.0. The molecule has 0 saturated carbocycles. The van der Waals surface area contributed by atoms with E-state index in [2.05, 4.69) is 49.1 Å². The van der Waals surface area contributed by atoms with E-state index in [1.54, 1.807) is 11.8 Å². The first-order valence-electron chi connectivity index (χ1n) is 13.5. The summed E-state index contributed by atoms with van der Waals surface area (Å²) >= 11 is 1.57. The Hall–Kier alpha value is -4.32. The molecular formula is C30H29F3N6O2S. The summed E-state index contributed by atoms with van der Waals surface area (Å²) in [4.78, 5) is 23.8. The first-order chi connectivity index (χ1) is 20.2. The number of hydrogen-bond donors (Lipinski definition) is 1. The van der Waals surface area contributed by atoms with Gasteiger partial charge in [-0.15, -0.1) is 18.3 Å². The number of thioether (sulfide) groups is 1. The van der Waals surface area contributed by atoms with Crippen molar-refractivity contribution in [2.24, 2.45) is 4.99 Å². The van der Waals surface area contributed by atoms with Crippen molar-refractivity contribution in [3.8, 4) is 22.8 Å². The van der Waals surface area contributed by atoms with Gasteiger partial charge in [0, 0.05) is 23.5 Å². The van der Waals surface area contributed by atoms with Crippen LogP contribution in [0.3, 0.4) is 0 Å². The molecule has 1 aromatic heterocycles. The second-order valence-corrected chi connectivity index (χ2v) is 10.5. The quantitative estimate of drug-likeness (QED) is 0.233. The number of carbonyl (C=O) groups excluding carboxylic acids is 1. The van der Waals surface area contributed by atoms with E-state index in [1.807, 2.05) is 43.3 Å². The standard InChI is InChI=1S/C30H29F3N6O2S/c1-3-20-7-5-6-8-26(20)38-17-18-42-29(38)36-28(40)35-25(4-2)21-9-11-22(12-10-21)27-34-19-39(37-27)23-13-15-24(16-14-23)41-30(31,32)33/h5-16,19,25H,3-4,17-18H2,1-2H3,(H,35,40). The number of nitrogens with one attached hydrogen (secondary N) is 1. The summed E-state index contributed by atoms with van der Waals surface area (Å²) in [6, 6.07) is 20.5. The number of para-hydroxylation sites is 1. The maximum absolute atomic E-state index is 13.0. The second kappa shape index (κ2) is 12.7. The molecule has 0 bridgehead atoms. The van der Waals surface area contributed by atoms with Gasteiger partial charge in [0.1, 0.15) is 12.1 Å². The van der Waals surface area contributed by atoms with Gasteiger partial charge in [0.15, 0.2) is 11.0 Å². The molecule has 2 heterocycles. The van der Waals surface area contributed by atoms with Crippen LogP contribution in [0.2, 0.25) is 0 Å². The van der Waals surface area contributed by atoms with Crippen molar-refractivity contribution >= 4 is 28.6 Å². The molecule has 0 radical (unpaired) electrons. The molecule has 1 fully saturated rings. The zero-order chi connectivity index (χ0) is 29.7. The van der Waals surface area contributed by atoms with Gasteiger partial charge >= 0.3 is 12.4 Å². The number of aryl methyl sites for hydroxylation is 1. The van der Waals surface area contributed by atoms with Gasteiger partial charge in [-0.25, -0.2) is 14.5 Å². The Morgan fingerprint density at radius 1 is 1.07 bits per heavy atom. The summed E-state index contributed by atoms with van der Waals surface area (Å²) < 4.78 is 42.6. The lowest BCUT2D eigenvalue weighted by Crippen LogP contribution is -2.30. The number of amides is 2. The van der Waals surface area contributed by atoms with Crippen LogP contribution >= 0.6 is 11.8 Å². The molecule has 1 N–H and O–H groups in total. The van der Waals surface area contributed by atoms with Crippen LogP contribution in [0.15, 0.2) is 84.1 Å². The number of aliphatic imine (C=N–C) groups is 1. The van der Waals surface area contributed by atoms with E-state index in [0.717, 1.165) is 35.5 Å². The number of urea groups is 1. The maximum atomic E-state index is 13.0. The molecule has 2 amide bonds. The van der Waals surface area contributed by atoms with Crippen LogP contribution in [0, 0.1) is 0 Å². The Morgan fingerprint density at radius 3 is 2.50 bits per heavy atom. The third-order valence-corrected chi connectivity index (χ3v) is 7.70. The number of anilines is 1. The van der Waals surface area contributed by atoms with E-state index in [9.17, 15) is 18.0 Å². The Balaban J connectivity index is 1.25.